The molecule has 3 aromatic rings. The number of aromatic nitrogens is 4. The van der Waals surface area contributed by atoms with E-state index in [2.05, 4.69) is 19.9 Å². The molecule has 1 N–H and O–H groups in total. The molecular formula is C25H24ClF2N5O3. The molecule has 0 aromatic carbocycles. The maximum atomic E-state index is 13.9. The zero-order chi connectivity index (χ0) is 26.2. The van der Waals surface area contributed by atoms with Crippen LogP contribution >= 0.6 is 11.6 Å². The molecule has 188 valence electrons. The largest absolute Gasteiger partial charge is 0.485 e. The van der Waals surface area contributed by atoms with E-state index in [1.165, 1.54) is 10.8 Å². The van der Waals surface area contributed by atoms with Gasteiger partial charge in [-0.3, -0.25) is 24.3 Å². The Hall–Kier alpha value is -3.50. The monoisotopic (exact) mass is 515 g/mol. The minimum absolute atomic E-state index is 0.0592. The highest BCUT2D eigenvalue weighted by molar-refractivity contribution is 6.31. The van der Waals surface area contributed by atoms with Gasteiger partial charge in [-0.1, -0.05) is 11.6 Å². The van der Waals surface area contributed by atoms with Gasteiger partial charge < -0.3 is 9.84 Å². The Morgan fingerprint density at radius 3 is 2.67 bits per heavy atom. The Labute approximate surface area is 211 Å². The quantitative estimate of drug-likeness (QED) is 0.517. The molecule has 1 aliphatic rings. The molecule has 0 fully saturated rings. The summed E-state index contributed by atoms with van der Waals surface area (Å²) in [5.74, 6) is -1.60. The summed E-state index contributed by atoms with van der Waals surface area (Å²) >= 11 is 6.35. The summed E-state index contributed by atoms with van der Waals surface area (Å²) in [4.78, 5) is 30.2. The van der Waals surface area contributed by atoms with Crippen LogP contribution in [0.5, 0.6) is 5.75 Å². The van der Waals surface area contributed by atoms with Crippen LogP contribution in [0, 0.1) is 18.6 Å². The van der Waals surface area contributed by atoms with Gasteiger partial charge >= 0.3 is 0 Å². The Balaban J connectivity index is 1.63. The zero-order valence-electron chi connectivity index (χ0n) is 20.1. The average molecular weight is 516 g/mol. The normalized spacial score (nSPS) is 15.9. The number of nitrogens with zero attached hydrogens (tertiary/aromatic N) is 5. The minimum Gasteiger partial charge on any atom is -0.485 e. The molecule has 1 atom stereocenters. The van der Waals surface area contributed by atoms with Gasteiger partial charge in [-0.15, -0.1) is 0 Å². The molecule has 3 aromatic heterocycles. The molecule has 11 heteroatoms. The number of allylic oxidation sites excluding steroid dienone is 1. The number of hydrogen-bond donors (Lipinski definition) is 1. The first kappa shape index (κ1) is 25.6. The summed E-state index contributed by atoms with van der Waals surface area (Å²) in [6.07, 6.45) is 5.96. The first-order valence-electron chi connectivity index (χ1n) is 11.1. The van der Waals surface area contributed by atoms with Crippen LogP contribution in [0.3, 0.4) is 0 Å². The van der Waals surface area contributed by atoms with Crippen molar-refractivity contribution < 1.29 is 18.6 Å². The van der Waals surface area contributed by atoms with Gasteiger partial charge in [-0.05, 0) is 33.3 Å². The summed E-state index contributed by atoms with van der Waals surface area (Å²) in [7, 11) is 0. The summed E-state index contributed by atoms with van der Waals surface area (Å²) < 4.78 is 34.0. The average Bonchev–Trinajstić information content (AvgIpc) is 2.82. The molecule has 0 bridgehead atoms. The van der Waals surface area contributed by atoms with Crippen LogP contribution < -0.4 is 10.3 Å². The maximum Gasteiger partial charge on any atom is 0.277 e. The SMILES string of the molecule is CC1=C(n2c(C)cc(OCc3ncc(F)cc3F)c(Cl)c2=O)CC(c2cncc(C(C)(C)O)n2)N=C1. The smallest absolute Gasteiger partial charge is 0.277 e. The van der Waals surface area contributed by atoms with E-state index in [1.54, 1.807) is 39.2 Å². The van der Waals surface area contributed by atoms with Crippen molar-refractivity contribution in [2.75, 3.05) is 0 Å². The maximum absolute atomic E-state index is 13.9. The first-order chi connectivity index (χ1) is 17.0. The van der Waals surface area contributed by atoms with Crippen LogP contribution in [-0.4, -0.2) is 30.8 Å². The van der Waals surface area contributed by atoms with Crippen LogP contribution in [0.25, 0.3) is 5.70 Å². The van der Waals surface area contributed by atoms with Crippen molar-refractivity contribution in [1.82, 2.24) is 19.5 Å². The third kappa shape index (κ3) is 5.19. The molecule has 1 aliphatic heterocycles. The van der Waals surface area contributed by atoms with Crippen LogP contribution in [0.1, 0.15) is 56.0 Å². The van der Waals surface area contributed by atoms with E-state index in [4.69, 9.17) is 16.3 Å². The Morgan fingerprint density at radius 2 is 1.97 bits per heavy atom. The Morgan fingerprint density at radius 1 is 1.22 bits per heavy atom. The molecule has 0 saturated heterocycles. The topological polar surface area (TPSA) is 102 Å². The van der Waals surface area contributed by atoms with Crippen LogP contribution in [0.4, 0.5) is 8.78 Å². The number of ether oxygens (including phenoxy) is 1. The second-order valence-corrected chi connectivity index (χ2v) is 9.37. The van der Waals surface area contributed by atoms with E-state index in [0.717, 1.165) is 11.8 Å². The Kier molecular flexibility index (Phi) is 7.01. The lowest BCUT2D eigenvalue weighted by molar-refractivity contribution is 0.0731. The predicted octanol–water partition coefficient (Wildman–Crippen LogP) is 4.53. The predicted molar refractivity (Wildman–Crippen MR) is 131 cm³/mol. The van der Waals surface area contributed by atoms with Gasteiger partial charge in [0.15, 0.2) is 5.82 Å². The molecule has 0 aliphatic carbocycles. The van der Waals surface area contributed by atoms with E-state index in [-0.39, 0.29) is 23.1 Å². The van der Waals surface area contributed by atoms with Gasteiger partial charge in [-0.25, -0.2) is 13.8 Å². The third-order valence-corrected chi connectivity index (χ3v) is 6.08. The lowest BCUT2D eigenvalue weighted by atomic mass is 10.0. The van der Waals surface area contributed by atoms with Crippen molar-refractivity contribution in [3.8, 4) is 5.75 Å². The molecule has 8 nitrogen and oxygen atoms in total. The molecule has 4 heterocycles. The lowest BCUT2D eigenvalue weighted by Crippen LogP contribution is -2.26. The number of rotatable bonds is 6. The standard InChI is InChI=1S/C25H24ClF2N5O3/c1-13-8-30-17(18-10-29-11-22(32-18)25(3,4)35)7-20(13)33-14(2)5-21(23(26)24(33)34)36-12-19-16(28)6-15(27)9-31-19/h5-6,8-11,17,35H,7,12H2,1-4H3. The van der Waals surface area contributed by atoms with Crippen molar-refractivity contribution in [1.29, 1.82) is 0 Å². The molecule has 0 saturated carbocycles. The summed E-state index contributed by atoms with van der Waals surface area (Å²) in [5, 5.41) is 10.1. The van der Waals surface area contributed by atoms with Gasteiger partial charge in [-0.2, -0.15) is 0 Å². The fourth-order valence-electron chi connectivity index (χ4n) is 3.78. The number of aryl methyl sites for hydroxylation is 1. The molecule has 1 unspecified atom stereocenters. The van der Waals surface area contributed by atoms with Crippen LogP contribution in [0.2, 0.25) is 5.02 Å². The summed E-state index contributed by atoms with van der Waals surface area (Å²) in [5.41, 5.74) is 1.14. The van der Waals surface area contributed by atoms with E-state index in [0.29, 0.717) is 35.3 Å². The number of halogens is 3. The van der Waals surface area contributed by atoms with E-state index >= 15 is 0 Å². The summed E-state index contributed by atoms with van der Waals surface area (Å²) in [6, 6.07) is 1.85. The van der Waals surface area contributed by atoms with Crippen molar-refractivity contribution in [2.45, 2.75) is 52.4 Å². The van der Waals surface area contributed by atoms with Crippen molar-refractivity contribution in [2.24, 2.45) is 4.99 Å². The number of pyridine rings is 2. The molecule has 0 radical (unpaired) electrons. The molecule has 0 spiro atoms. The summed E-state index contributed by atoms with van der Waals surface area (Å²) in [6.45, 7) is 6.46. The fourth-order valence-corrected chi connectivity index (χ4v) is 3.97. The van der Waals surface area contributed by atoms with Crippen molar-refractivity contribution >= 4 is 23.5 Å². The fraction of sp³-hybridized carbons (Fsp3) is 0.320. The van der Waals surface area contributed by atoms with Crippen molar-refractivity contribution in [3.05, 3.63) is 86.1 Å². The van der Waals surface area contributed by atoms with Crippen molar-refractivity contribution in [3.63, 3.8) is 0 Å². The van der Waals surface area contributed by atoms with Gasteiger partial charge in [0.05, 0.1) is 36.0 Å². The molecular weight excluding hydrogens is 492 g/mol. The second kappa shape index (κ2) is 9.87. The van der Waals surface area contributed by atoms with E-state index in [1.807, 2.05) is 6.92 Å². The molecule has 36 heavy (non-hydrogen) atoms. The number of aliphatic hydroxyl groups is 1. The van der Waals surface area contributed by atoms with Gasteiger partial charge in [0, 0.05) is 36.2 Å². The lowest BCUT2D eigenvalue weighted by Gasteiger charge is -2.25. The van der Waals surface area contributed by atoms with Gasteiger partial charge in [0.2, 0.25) is 0 Å². The van der Waals surface area contributed by atoms with E-state index in [9.17, 15) is 18.7 Å². The highest BCUT2D eigenvalue weighted by Crippen LogP contribution is 2.33. The number of dihydropyridines is 1. The highest BCUT2D eigenvalue weighted by Gasteiger charge is 2.26. The van der Waals surface area contributed by atoms with E-state index < -0.39 is 28.8 Å². The van der Waals surface area contributed by atoms with Gasteiger partial charge in [0.1, 0.15) is 34.5 Å². The first-order valence-corrected chi connectivity index (χ1v) is 11.5. The molecule has 0 amide bonds. The second-order valence-electron chi connectivity index (χ2n) is 8.99. The van der Waals surface area contributed by atoms with Crippen LogP contribution in [-0.2, 0) is 12.2 Å². The van der Waals surface area contributed by atoms with Crippen LogP contribution in [0.15, 0.2) is 46.1 Å². The third-order valence-electron chi connectivity index (χ3n) is 5.73. The van der Waals surface area contributed by atoms with Gasteiger partial charge in [0.25, 0.3) is 5.56 Å². The molecule has 4 rings (SSSR count). The number of aliphatic imine (C=N–C) groups is 1. The number of hydrogen-bond acceptors (Lipinski definition) is 7. The highest BCUT2D eigenvalue weighted by atomic mass is 35.5. The Bertz CT molecular complexity index is 1450. The zero-order valence-corrected chi connectivity index (χ0v) is 20.8. The minimum atomic E-state index is -1.17.